The van der Waals surface area contributed by atoms with Crippen molar-refractivity contribution >= 4 is 23.2 Å². The van der Waals surface area contributed by atoms with E-state index in [-0.39, 0.29) is 5.91 Å². The van der Waals surface area contributed by atoms with Crippen molar-refractivity contribution in [1.29, 1.82) is 0 Å². The molecule has 7 nitrogen and oxygen atoms in total. The Morgan fingerprint density at radius 2 is 1.74 bits per heavy atom. The Balaban J connectivity index is 1.77. The highest BCUT2D eigenvalue weighted by Gasteiger charge is 2.07. The van der Waals surface area contributed by atoms with Crippen LogP contribution in [0, 0.1) is 0 Å². The third kappa shape index (κ3) is 6.03. The van der Waals surface area contributed by atoms with E-state index in [1.54, 1.807) is 45.6 Å². The van der Waals surface area contributed by atoms with Gasteiger partial charge in [0.1, 0.15) is 5.75 Å². The van der Waals surface area contributed by atoms with Gasteiger partial charge in [-0.1, -0.05) is 12.1 Å². The van der Waals surface area contributed by atoms with Crippen LogP contribution in [0.15, 0.2) is 42.5 Å². The second kappa shape index (κ2) is 10.2. The van der Waals surface area contributed by atoms with Gasteiger partial charge in [0.15, 0.2) is 16.6 Å². The fraction of sp³-hybridized carbons (Fsp3) is 0.263. The van der Waals surface area contributed by atoms with Gasteiger partial charge < -0.3 is 19.5 Å². The lowest BCUT2D eigenvalue weighted by atomic mass is 10.1. The molecular weight excluding hydrogens is 366 g/mol. The Morgan fingerprint density at radius 1 is 0.963 bits per heavy atom. The minimum atomic E-state index is -0.307. The number of carbonyl (C=O) groups is 1. The monoisotopic (exact) mass is 389 g/mol. The van der Waals surface area contributed by atoms with Crippen LogP contribution in [0.1, 0.15) is 15.9 Å². The molecule has 0 heterocycles. The maximum Gasteiger partial charge on any atom is 0.269 e. The molecule has 2 aromatic carbocycles. The average Bonchev–Trinajstić information content (AvgIpc) is 2.71. The van der Waals surface area contributed by atoms with Crippen LogP contribution in [0.3, 0.4) is 0 Å². The molecule has 0 aliphatic rings. The van der Waals surface area contributed by atoms with Gasteiger partial charge in [-0.3, -0.25) is 15.6 Å². The molecule has 0 unspecified atom stereocenters. The van der Waals surface area contributed by atoms with Gasteiger partial charge in [0.2, 0.25) is 0 Å². The van der Waals surface area contributed by atoms with Crippen molar-refractivity contribution in [2.45, 2.75) is 6.42 Å². The lowest BCUT2D eigenvalue weighted by Gasteiger charge is -2.13. The summed E-state index contributed by atoms with van der Waals surface area (Å²) in [5.41, 5.74) is 6.77. The maximum absolute atomic E-state index is 12.1. The first-order valence-electron chi connectivity index (χ1n) is 8.26. The molecule has 3 N–H and O–H groups in total. The van der Waals surface area contributed by atoms with Crippen LogP contribution >= 0.6 is 12.2 Å². The van der Waals surface area contributed by atoms with Gasteiger partial charge in [0.05, 0.1) is 21.3 Å². The first kappa shape index (κ1) is 20.3. The van der Waals surface area contributed by atoms with Gasteiger partial charge in [-0.15, -0.1) is 0 Å². The standard InChI is InChI=1S/C19H23N3O4S/c1-24-15-6-4-5-14(12-15)18(23)21-22-19(27)20-10-9-13-7-8-16(25-2)17(11-13)26-3/h4-8,11-12H,9-10H2,1-3H3,(H,21,23)(H2,20,22,27). The van der Waals surface area contributed by atoms with E-state index in [4.69, 9.17) is 26.4 Å². The molecule has 2 rings (SSSR count). The Hall–Kier alpha value is -3.00. The number of benzene rings is 2. The molecule has 1 amide bonds. The Morgan fingerprint density at radius 3 is 2.44 bits per heavy atom. The highest BCUT2D eigenvalue weighted by molar-refractivity contribution is 7.80. The van der Waals surface area contributed by atoms with Crippen molar-refractivity contribution in [3.8, 4) is 17.2 Å². The molecule has 0 spiro atoms. The first-order valence-corrected chi connectivity index (χ1v) is 8.67. The van der Waals surface area contributed by atoms with Crippen molar-refractivity contribution in [2.24, 2.45) is 0 Å². The molecule has 0 atom stereocenters. The number of carbonyl (C=O) groups excluding carboxylic acids is 1. The number of thiocarbonyl (C=S) groups is 1. The predicted octanol–water partition coefficient (Wildman–Crippen LogP) is 2.06. The minimum absolute atomic E-state index is 0.307. The van der Waals surface area contributed by atoms with Crippen LogP contribution in [-0.4, -0.2) is 38.9 Å². The fourth-order valence-electron chi connectivity index (χ4n) is 2.35. The van der Waals surface area contributed by atoms with Crippen molar-refractivity contribution < 1.29 is 19.0 Å². The summed E-state index contributed by atoms with van der Waals surface area (Å²) in [6, 6.07) is 12.6. The van der Waals surface area contributed by atoms with Crippen LogP contribution < -0.4 is 30.4 Å². The second-order valence-electron chi connectivity index (χ2n) is 5.51. The summed E-state index contributed by atoms with van der Waals surface area (Å²) in [7, 11) is 4.75. The van der Waals surface area contributed by atoms with Gasteiger partial charge in [0, 0.05) is 12.1 Å². The third-order valence-electron chi connectivity index (χ3n) is 3.77. The maximum atomic E-state index is 12.1. The Labute approximate surface area is 164 Å². The molecule has 27 heavy (non-hydrogen) atoms. The number of amides is 1. The molecule has 2 aromatic rings. The van der Waals surface area contributed by atoms with E-state index >= 15 is 0 Å². The zero-order chi connectivity index (χ0) is 19.6. The summed E-state index contributed by atoms with van der Waals surface area (Å²) in [6.45, 7) is 0.594. The quantitative estimate of drug-likeness (QED) is 0.494. The van der Waals surface area contributed by atoms with Crippen LogP contribution in [0.25, 0.3) is 0 Å². The number of ether oxygens (including phenoxy) is 3. The smallest absolute Gasteiger partial charge is 0.269 e. The van der Waals surface area contributed by atoms with E-state index in [1.165, 1.54) is 0 Å². The van der Waals surface area contributed by atoms with Gasteiger partial charge in [-0.2, -0.15) is 0 Å². The lowest BCUT2D eigenvalue weighted by Crippen LogP contribution is -2.47. The van der Waals surface area contributed by atoms with Crippen molar-refractivity contribution in [2.75, 3.05) is 27.9 Å². The Kier molecular flexibility index (Phi) is 7.69. The SMILES string of the molecule is COc1cccc(C(=O)NNC(=S)NCCc2ccc(OC)c(OC)c2)c1. The molecule has 0 aromatic heterocycles. The summed E-state index contributed by atoms with van der Waals surface area (Å²) in [5, 5.41) is 3.36. The second-order valence-corrected chi connectivity index (χ2v) is 5.91. The van der Waals surface area contributed by atoms with E-state index in [9.17, 15) is 4.79 Å². The van der Waals surface area contributed by atoms with Crippen LogP contribution in [-0.2, 0) is 6.42 Å². The van der Waals surface area contributed by atoms with Crippen LogP contribution in [0.2, 0.25) is 0 Å². The molecule has 0 fully saturated rings. The predicted molar refractivity (Wildman–Crippen MR) is 107 cm³/mol. The topological polar surface area (TPSA) is 80.9 Å². The molecule has 0 saturated carbocycles. The lowest BCUT2D eigenvalue weighted by molar-refractivity contribution is 0.0943. The summed E-state index contributed by atoms with van der Waals surface area (Å²) in [4.78, 5) is 12.1. The summed E-state index contributed by atoms with van der Waals surface area (Å²) in [6.07, 6.45) is 0.728. The van der Waals surface area contributed by atoms with Crippen molar-refractivity contribution in [3.63, 3.8) is 0 Å². The number of hydrogen-bond donors (Lipinski definition) is 3. The van der Waals surface area contributed by atoms with E-state index < -0.39 is 0 Å². The highest BCUT2D eigenvalue weighted by Crippen LogP contribution is 2.27. The van der Waals surface area contributed by atoms with Gasteiger partial charge in [-0.25, -0.2) is 0 Å². The summed E-state index contributed by atoms with van der Waals surface area (Å²) < 4.78 is 15.6. The normalized spacial score (nSPS) is 9.89. The summed E-state index contributed by atoms with van der Waals surface area (Å²) in [5.74, 6) is 1.67. The molecule has 0 saturated heterocycles. The zero-order valence-corrected chi connectivity index (χ0v) is 16.3. The van der Waals surface area contributed by atoms with E-state index in [2.05, 4.69) is 16.2 Å². The largest absolute Gasteiger partial charge is 0.497 e. The molecule has 144 valence electrons. The van der Waals surface area contributed by atoms with Crippen molar-refractivity contribution in [3.05, 3.63) is 53.6 Å². The minimum Gasteiger partial charge on any atom is -0.497 e. The zero-order valence-electron chi connectivity index (χ0n) is 15.5. The third-order valence-corrected chi connectivity index (χ3v) is 4.02. The molecule has 0 aliphatic heterocycles. The number of methoxy groups -OCH3 is 3. The molecule has 8 heteroatoms. The van der Waals surface area contributed by atoms with E-state index in [0.29, 0.717) is 34.5 Å². The number of hydrogen-bond acceptors (Lipinski definition) is 5. The molecule has 0 aliphatic carbocycles. The highest BCUT2D eigenvalue weighted by atomic mass is 32.1. The van der Waals surface area contributed by atoms with E-state index in [0.717, 1.165) is 12.0 Å². The molecule has 0 bridgehead atoms. The summed E-state index contributed by atoms with van der Waals surface area (Å²) >= 11 is 5.17. The van der Waals surface area contributed by atoms with Gasteiger partial charge >= 0.3 is 0 Å². The van der Waals surface area contributed by atoms with Crippen LogP contribution in [0.4, 0.5) is 0 Å². The van der Waals surface area contributed by atoms with E-state index in [1.807, 2.05) is 18.2 Å². The fourth-order valence-corrected chi connectivity index (χ4v) is 2.50. The number of rotatable bonds is 7. The van der Waals surface area contributed by atoms with Crippen LogP contribution in [0.5, 0.6) is 17.2 Å². The molecular formula is C19H23N3O4S. The first-order chi connectivity index (χ1) is 13.1. The van der Waals surface area contributed by atoms with Gasteiger partial charge in [-0.05, 0) is 54.5 Å². The number of nitrogens with one attached hydrogen (secondary N) is 3. The number of hydrazine groups is 1. The van der Waals surface area contributed by atoms with Crippen molar-refractivity contribution in [1.82, 2.24) is 16.2 Å². The average molecular weight is 389 g/mol. The van der Waals surface area contributed by atoms with Gasteiger partial charge in [0.25, 0.3) is 5.91 Å². The Bertz CT molecular complexity index is 798. The molecule has 0 radical (unpaired) electrons.